The molecule has 10 heteroatoms. The van der Waals surface area contributed by atoms with E-state index in [4.69, 9.17) is 0 Å². The highest BCUT2D eigenvalue weighted by atomic mass is 16.2. The first kappa shape index (κ1) is 23.3. The zero-order valence-corrected chi connectivity index (χ0v) is 20.6. The van der Waals surface area contributed by atoms with Gasteiger partial charge in [0.15, 0.2) is 0 Å². The van der Waals surface area contributed by atoms with Crippen molar-refractivity contribution in [3.05, 3.63) is 31.0 Å². The molecule has 2 aliphatic rings. The Hall–Kier alpha value is -3.45. The van der Waals surface area contributed by atoms with Gasteiger partial charge in [-0.3, -0.25) is 9.58 Å². The molecule has 10 nitrogen and oxygen atoms in total. The lowest BCUT2D eigenvalue weighted by Gasteiger charge is -2.52. The highest BCUT2D eigenvalue weighted by molar-refractivity contribution is 5.90. The average Bonchev–Trinajstić information content (AvgIpc) is 3.51. The van der Waals surface area contributed by atoms with Crippen LogP contribution in [0.3, 0.4) is 0 Å². The molecule has 1 saturated carbocycles. The Labute approximate surface area is 205 Å². The van der Waals surface area contributed by atoms with Gasteiger partial charge in [-0.2, -0.15) is 10.4 Å². The maximum Gasteiger partial charge on any atom is 0.317 e. The molecular weight excluding hydrogens is 442 g/mol. The summed E-state index contributed by atoms with van der Waals surface area (Å²) in [5, 5.41) is 18.3. The predicted molar refractivity (Wildman–Crippen MR) is 132 cm³/mol. The third kappa shape index (κ3) is 4.36. The Balaban J connectivity index is 1.23. The molecule has 3 aromatic heterocycles. The molecule has 1 atom stereocenters. The van der Waals surface area contributed by atoms with Crippen molar-refractivity contribution in [2.24, 2.45) is 5.92 Å². The third-order valence-electron chi connectivity index (χ3n) is 7.80. The van der Waals surface area contributed by atoms with Gasteiger partial charge in [-0.25, -0.2) is 14.8 Å². The second-order valence-corrected chi connectivity index (χ2v) is 10.3. The molecule has 5 rings (SSSR count). The van der Waals surface area contributed by atoms with E-state index in [0.717, 1.165) is 61.3 Å². The average molecular weight is 476 g/mol. The summed E-state index contributed by atoms with van der Waals surface area (Å²) in [4.78, 5) is 28.8. The van der Waals surface area contributed by atoms with E-state index < -0.39 is 0 Å². The second-order valence-electron chi connectivity index (χ2n) is 10.3. The van der Waals surface area contributed by atoms with Crippen LogP contribution in [-0.2, 0) is 5.54 Å². The van der Waals surface area contributed by atoms with Crippen molar-refractivity contribution >= 4 is 17.1 Å². The largest absolute Gasteiger partial charge is 0.346 e. The number of hydrogen-bond acceptors (Lipinski definition) is 6. The van der Waals surface area contributed by atoms with Crippen molar-refractivity contribution in [2.45, 2.75) is 57.7 Å². The second kappa shape index (κ2) is 9.30. The van der Waals surface area contributed by atoms with Crippen LogP contribution in [0, 0.1) is 17.2 Å². The summed E-state index contributed by atoms with van der Waals surface area (Å²) in [6, 6.07) is 4.94. The molecule has 35 heavy (non-hydrogen) atoms. The SMILES string of the molecule is CC(C)[C@H](C)NC(=O)N1CCN(C2CC(CC#N)(n3cc(-c4ncnc5[nH]ccc45)cn3)C2)CC1. The van der Waals surface area contributed by atoms with E-state index in [1.54, 1.807) is 6.33 Å². The fourth-order valence-electron chi connectivity index (χ4n) is 5.18. The van der Waals surface area contributed by atoms with Gasteiger partial charge in [0.05, 0.1) is 29.9 Å². The van der Waals surface area contributed by atoms with E-state index in [0.29, 0.717) is 18.4 Å². The van der Waals surface area contributed by atoms with Crippen LogP contribution >= 0.6 is 0 Å². The molecule has 0 aromatic carbocycles. The number of fused-ring (bicyclic) bond motifs is 1. The summed E-state index contributed by atoms with van der Waals surface area (Å²) in [6.45, 7) is 9.44. The van der Waals surface area contributed by atoms with E-state index in [2.05, 4.69) is 50.2 Å². The van der Waals surface area contributed by atoms with Crippen LogP contribution in [0.15, 0.2) is 31.0 Å². The number of urea groups is 1. The quantitative estimate of drug-likeness (QED) is 0.566. The summed E-state index contributed by atoms with van der Waals surface area (Å²) in [5.74, 6) is 0.412. The molecule has 184 valence electrons. The van der Waals surface area contributed by atoms with Crippen molar-refractivity contribution in [1.82, 2.24) is 39.8 Å². The number of aromatic nitrogens is 5. The van der Waals surface area contributed by atoms with Crippen molar-refractivity contribution in [3.63, 3.8) is 0 Å². The van der Waals surface area contributed by atoms with Gasteiger partial charge in [0.2, 0.25) is 0 Å². The topological polar surface area (TPSA) is 119 Å². The van der Waals surface area contributed by atoms with Gasteiger partial charge in [0, 0.05) is 61.6 Å². The molecule has 2 fully saturated rings. The Morgan fingerprint density at radius 1 is 1.26 bits per heavy atom. The van der Waals surface area contributed by atoms with Crippen molar-refractivity contribution in [1.29, 1.82) is 5.26 Å². The molecule has 0 spiro atoms. The molecule has 0 radical (unpaired) electrons. The molecule has 4 heterocycles. The standard InChI is InChI=1S/C25H33N9O/c1-17(2)18(3)31-24(35)33-10-8-32(9-11-33)20-12-25(13-20,5-6-26)34-15-19(14-30-34)22-21-4-7-27-23(21)29-16-28-22/h4,7,14-18,20H,5,8-13H2,1-3H3,(H,31,35)(H,27,28,29)/t18-,20?,25?/m0/s1. The number of H-pyrrole nitrogens is 1. The van der Waals surface area contributed by atoms with Gasteiger partial charge in [-0.05, 0) is 31.7 Å². The van der Waals surface area contributed by atoms with E-state index in [9.17, 15) is 10.1 Å². The first-order valence-corrected chi connectivity index (χ1v) is 12.4. The number of hydrogen-bond donors (Lipinski definition) is 2. The fraction of sp³-hybridized carbons (Fsp3) is 0.560. The minimum absolute atomic E-state index is 0.0311. The smallest absolute Gasteiger partial charge is 0.317 e. The highest BCUT2D eigenvalue weighted by Crippen LogP contribution is 2.45. The first-order chi connectivity index (χ1) is 16.9. The summed E-state index contributed by atoms with van der Waals surface area (Å²) >= 11 is 0. The van der Waals surface area contributed by atoms with Crippen molar-refractivity contribution in [2.75, 3.05) is 26.2 Å². The lowest BCUT2D eigenvalue weighted by Crippen LogP contribution is -2.61. The molecular formula is C25H33N9O. The van der Waals surface area contributed by atoms with Crippen LogP contribution in [0.2, 0.25) is 0 Å². The molecule has 1 saturated heterocycles. The normalized spacial score (nSPS) is 23.7. The van der Waals surface area contributed by atoms with Crippen molar-refractivity contribution in [3.8, 4) is 17.3 Å². The van der Waals surface area contributed by atoms with Crippen LogP contribution in [0.5, 0.6) is 0 Å². The van der Waals surface area contributed by atoms with Gasteiger partial charge in [-0.15, -0.1) is 0 Å². The Kier molecular flexibility index (Phi) is 6.19. The summed E-state index contributed by atoms with van der Waals surface area (Å²) < 4.78 is 1.97. The molecule has 0 bridgehead atoms. The lowest BCUT2D eigenvalue weighted by atomic mass is 9.70. The molecule has 1 aliphatic heterocycles. The van der Waals surface area contributed by atoms with Gasteiger partial charge in [0.1, 0.15) is 12.0 Å². The number of nitriles is 1. The number of nitrogens with one attached hydrogen (secondary N) is 2. The van der Waals surface area contributed by atoms with E-state index in [1.165, 1.54) is 0 Å². The number of piperazine rings is 1. The number of amides is 2. The summed E-state index contributed by atoms with van der Waals surface area (Å²) in [7, 11) is 0. The van der Waals surface area contributed by atoms with E-state index >= 15 is 0 Å². The number of rotatable bonds is 6. The minimum Gasteiger partial charge on any atom is -0.346 e. The molecule has 2 amide bonds. The number of nitrogens with zero attached hydrogens (tertiary/aromatic N) is 7. The lowest BCUT2D eigenvalue weighted by molar-refractivity contribution is -0.0131. The van der Waals surface area contributed by atoms with E-state index in [1.807, 2.05) is 41.2 Å². The number of aromatic amines is 1. The van der Waals surface area contributed by atoms with Crippen LogP contribution in [0.4, 0.5) is 4.79 Å². The predicted octanol–water partition coefficient (Wildman–Crippen LogP) is 2.96. The molecule has 2 N–H and O–H groups in total. The molecule has 3 aromatic rings. The highest BCUT2D eigenvalue weighted by Gasteiger charge is 2.49. The zero-order valence-electron chi connectivity index (χ0n) is 20.6. The van der Waals surface area contributed by atoms with Crippen LogP contribution in [0.25, 0.3) is 22.3 Å². The first-order valence-electron chi connectivity index (χ1n) is 12.4. The molecule has 1 aliphatic carbocycles. The van der Waals surface area contributed by atoms with Gasteiger partial charge in [0.25, 0.3) is 0 Å². The minimum atomic E-state index is -0.302. The van der Waals surface area contributed by atoms with Crippen LogP contribution in [-0.4, -0.2) is 78.8 Å². The van der Waals surface area contributed by atoms with E-state index in [-0.39, 0.29) is 17.6 Å². The van der Waals surface area contributed by atoms with Crippen molar-refractivity contribution < 1.29 is 4.79 Å². The Morgan fingerprint density at radius 3 is 2.74 bits per heavy atom. The summed E-state index contributed by atoms with van der Waals surface area (Å²) in [6.07, 6.45) is 9.43. The summed E-state index contributed by atoms with van der Waals surface area (Å²) in [5.41, 5.74) is 2.26. The Bertz CT molecular complexity index is 1230. The van der Waals surface area contributed by atoms with Crippen LogP contribution < -0.4 is 5.32 Å². The molecule has 0 unspecified atom stereocenters. The maximum atomic E-state index is 12.6. The van der Waals surface area contributed by atoms with Gasteiger partial charge < -0.3 is 15.2 Å². The van der Waals surface area contributed by atoms with Gasteiger partial charge in [-0.1, -0.05) is 13.8 Å². The zero-order chi connectivity index (χ0) is 24.6. The maximum absolute atomic E-state index is 12.6. The fourth-order valence-corrected chi connectivity index (χ4v) is 5.18. The monoisotopic (exact) mass is 475 g/mol. The third-order valence-corrected chi connectivity index (χ3v) is 7.80. The number of carbonyl (C=O) groups is 1. The number of carbonyl (C=O) groups excluding carboxylic acids is 1. The van der Waals surface area contributed by atoms with Gasteiger partial charge >= 0.3 is 6.03 Å². The van der Waals surface area contributed by atoms with Crippen LogP contribution in [0.1, 0.15) is 40.0 Å². The Morgan fingerprint density at radius 2 is 2.03 bits per heavy atom.